The molecule has 0 saturated carbocycles. The van der Waals surface area contributed by atoms with Crippen LogP contribution in [0.25, 0.3) is 84.0 Å². The summed E-state index contributed by atoms with van der Waals surface area (Å²) in [5, 5.41) is 1.21. The highest BCUT2D eigenvalue weighted by Crippen LogP contribution is 2.55. The molecule has 10 aromatic rings. The van der Waals surface area contributed by atoms with Gasteiger partial charge in [0.25, 0.3) is 0 Å². The highest BCUT2D eigenvalue weighted by Gasteiger charge is 2.32. The maximum atomic E-state index is 5.20. The molecule has 0 aliphatic carbocycles. The molecule has 58 heavy (non-hydrogen) atoms. The van der Waals surface area contributed by atoms with Gasteiger partial charge in [-0.05, 0) is 48.0 Å². The Morgan fingerprint density at radius 1 is 0.345 bits per heavy atom. The van der Waals surface area contributed by atoms with Crippen LogP contribution in [0.4, 0.5) is 17.1 Å². The molecule has 0 atom stereocenters. The van der Waals surface area contributed by atoms with Gasteiger partial charge >= 0.3 is 0 Å². The summed E-state index contributed by atoms with van der Waals surface area (Å²) in [4.78, 5) is 12.7. The molecule has 0 N–H and O–H groups in total. The summed E-state index contributed by atoms with van der Waals surface area (Å²) in [5.74, 6) is 0.697. The summed E-state index contributed by atoms with van der Waals surface area (Å²) in [6.45, 7) is 0. The minimum Gasteiger partial charge on any atom is -0.309 e. The standard InChI is InChI=1S/C54H36N4/c1-5-19-37(20-6-1)43-31-18-32-46-51-44-29-13-15-33-49(44)57(50-34-16-14-30-45(50)53(51)58(52(43)46)41-26-11-4-12-27-41)42-28-17-25-40(35-42)48-36-47(38-21-7-2-8-22-38)55-54(56-48)39-23-9-3-10-24-39/h1-36H. The van der Waals surface area contributed by atoms with Gasteiger partial charge in [0, 0.05) is 55.7 Å². The molecule has 1 aliphatic rings. The van der Waals surface area contributed by atoms with Crippen molar-refractivity contribution in [3.63, 3.8) is 0 Å². The fourth-order valence-corrected chi connectivity index (χ4v) is 8.58. The van der Waals surface area contributed by atoms with E-state index in [9.17, 15) is 0 Å². The largest absolute Gasteiger partial charge is 0.309 e. The van der Waals surface area contributed by atoms with Gasteiger partial charge in [-0.25, -0.2) is 9.97 Å². The minimum atomic E-state index is 0.697. The Morgan fingerprint density at radius 3 is 1.55 bits per heavy atom. The van der Waals surface area contributed by atoms with E-state index in [1.807, 2.05) is 24.3 Å². The number of benzene rings is 8. The maximum absolute atomic E-state index is 5.20. The molecule has 0 bridgehead atoms. The maximum Gasteiger partial charge on any atom is 0.160 e. The molecule has 0 spiro atoms. The van der Waals surface area contributed by atoms with E-state index in [1.54, 1.807) is 0 Å². The molecular formula is C54H36N4. The van der Waals surface area contributed by atoms with E-state index in [-0.39, 0.29) is 0 Å². The summed E-state index contributed by atoms with van der Waals surface area (Å²) >= 11 is 0. The van der Waals surface area contributed by atoms with E-state index in [0.717, 1.165) is 56.4 Å². The molecular weight excluding hydrogens is 705 g/mol. The predicted molar refractivity (Wildman–Crippen MR) is 240 cm³/mol. The summed E-state index contributed by atoms with van der Waals surface area (Å²) in [6.07, 6.45) is 0. The molecule has 0 saturated heterocycles. The fourth-order valence-electron chi connectivity index (χ4n) is 8.58. The third-order valence-electron chi connectivity index (χ3n) is 11.1. The van der Waals surface area contributed by atoms with Crippen LogP contribution in [0.3, 0.4) is 0 Å². The van der Waals surface area contributed by atoms with Crippen LogP contribution in [0, 0.1) is 0 Å². The average Bonchev–Trinajstić information content (AvgIpc) is 3.59. The summed E-state index contributed by atoms with van der Waals surface area (Å²) < 4.78 is 2.49. The summed E-state index contributed by atoms with van der Waals surface area (Å²) in [7, 11) is 0. The number of nitrogens with zero attached hydrogens (tertiary/aromatic N) is 4. The topological polar surface area (TPSA) is 34.0 Å². The van der Waals surface area contributed by atoms with Gasteiger partial charge in [0.2, 0.25) is 0 Å². The molecule has 4 heteroatoms. The second-order valence-electron chi connectivity index (χ2n) is 14.6. The lowest BCUT2D eigenvalue weighted by Gasteiger charge is -2.28. The smallest absolute Gasteiger partial charge is 0.160 e. The molecule has 0 fully saturated rings. The van der Waals surface area contributed by atoms with Crippen LogP contribution < -0.4 is 4.90 Å². The zero-order chi connectivity index (χ0) is 38.4. The van der Waals surface area contributed by atoms with Gasteiger partial charge in [0.15, 0.2) is 5.82 Å². The van der Waals surface area contributed by atoms with Crippen molar-refractivity contribution in [1.29, 1.82) is 0 Å². The van der Waals surface area contributed by atoms with Crippen LogP contribution in [-0.2, 0) is 0 Å². The number of anilines is 3. The van der Waals surface area contributed by atoms with Crippen molar-refractivity contribution in [1.82, 2.24) is 14.5 Å². The predicted octanol–water partition coefficient (Wildman–Crippen LogP) is 14.2. The zero-order valence-corrected chi connectivity index (χ0v) is 31.6. The lowest BCUT2D eigenvalue weighted by atomic mass is 9.96. The average molecular weight is 741 g/mol. The Balaban J connectivity index is 1.16. The fraction of sp³-hybridized carbons (Fsp3) is 0. The Morgan fingerprint density at radius 2 is 0.845 bits per heavy atom. The SMILES string of the molecule is c1ccc(-c2cc(-c3cccc(N4c5ccccc5-c5c(n(-c6ccccc6)c6c(-c7ccccc7)cccc56)-c5ccccc54)c3)nc(-c3ccccc3)n2)cc1. The third-order valence-corrected chi connectivity index (χ3v) is 11.1. The normalized spacial score (nSPS) is 11.8. The quantitative estimate of drug-likeness (QED) is 0.170. The lowest BCUT2D eigenvalue weighted by Crippen LogP contribution is -2.11. The van der Waals surface area contributed by atoms with E-state index in [1.165, 1.54) is 38.9 Å². The van der Waals surface area contributed by atoms with Crippen molar-refractivity contribution >= 4 is 28.0 Å². The van der Waals surface area contributed by atoms with Crippen molar-refractivity contribution in [3.05, 3.63) is 218 Å². The van der Waals surface area contributed by atoms with Crippen molar-refractivity contribution < 1.29 is 0 Å². The number of fused-ring (bicyclic) bond motifs is 7. The monoisotopic (exact) mass is 740 g/mol. The second kappa shape index (κ2) is 14.0. The first-order valence-electron chi connectivity index (χ1n) is 19.7. The van der Waals surface area contributed by atoms with E-state index in [4.69, 9.17) is 9.97 Å². The lowest BCUT2D eigenvalue weighted by molar-refractivity contribution is 1.13. The Hall–Kier alpha value is -7.82. The van der Waals surface area contributed by atoms with E-state index in [2.05, 4.69) is 204 Å². The van der Waals surface area contributed by atoms with Crippen molar-refractivity contribution in [2.45, 2.75) is 0 Å². The van der Waals surface area contributed by atoms with Gasteiger partial charge in [0.1, 0.15) is 0 Å². The summed E-state index contributed by atoms with van der Waals surface area (Å²) in [6, 6.07) is 77.5. The molecule has 2 aromatic heterocycles. The van der Waals surface area contributed by atoms with Crippen LogP contribution in [0.1, 0.15) is 0 Å². The number of hydrogen-bond acceptors (Lipinski definition) is 3. The Labute approximate surface area is 337 Å². The Bertz CT molecular complexity index is 3040. The number of aromatic nitrogens is 3. The van der Waals surface area contributed by atoms with Crippen molar-refractivity contribution in [2.75, 3.05) is 4.90 Å². The van der Waals surface area contributed by atoms with E-state index >= 15 is 0 Å². The van der Waals surface area contributed by atoms with Gasteiger partial charge in [-0.15, -0.1) is 0 Å². The number of para-hydroxylation sites is 4. The summed E-state index contributed by atoms with van der Waals surface area (Å²) in [5.41, 5.74) is 17.5. The van der Waals surface area contributed by atoms with Crippen molar-refractivity contribution in [3.8, 4) is 73.1 Å². The molecule has 0 radical (unpaired) electrons. The molecule has 1 aliphatic heterocycles. The first-order chi connectivity index (χ1) is 28.8. The molecule has 3 heterocycles. The second-order valence-corrected chi connectivity index (χ2v) is 14.6. The van der Waals surface area contributed by atoms with E-state index in [0.29, 0.717) is 5.82 Å². The molecule has 8 aromatic carbocycles. The van der Waals surface area contributed by atoms with Gasteiger partial charge in [-0.3, -0.25) is 0 Å². The van der Waals surface area contributed by atoms with Crippen LogP contribution in [0.15, 0.2) is 218 Å². The number of hydrogen-bond donors (Lipinski definition) is 0. The molecule has 272 valence electrons. The highest BCUT2D eigenvalue weighted by molar-refractivity contribution is 6.15. The van der Waals surface area contributed by atoms with Crippen LogP contribution in [0.2, 0.25) is 0 Å². The van der Waals surface area contributed by atoms with Gasteiger partial charge < -0.3 is 9.47 Å². The van der Waals surface area contributed by atoms with Gasteiger partial charge in [-0.1, -0.05) is 176 Å². The van der Waals surface area contributed by atoms with Crippen LogP contribution in [0.5, 0.6) is 0 Å². The third kappa shape index (κ3) is 5.62. The first-order valence-corrected chi connectivity index (χ1v) is 19.7. The highest BCUT2D eigenvalue weighted by atomic mass is 15.2. The van der Waals surface area contributed by atoms with Crippen LogP contribution in [-0.4, -0.2) is 14.5 Å². The Kier molecular flexibility index (Phi) is 8.11. The number of rotatable bonds is 6. The van der Waals surface area contributed by atoms with Gasteiger partial charge in [0.05, 0.1) is 34.0 Å². The molecule has 0 amide bonds. The van der Waals surface area contributed by atoms with Gasteiger partial charge in [-0.2, -0.15) is 0 Å². The van der Waals surface area contributed by atoms with Crippen molar-refractivity contribution in [2.24, 2.45) is 0 Å². The molecule has 11 rings (SSSR count). The molecule has 0 unspecified atom stereocenters. The van der Waals surface area contributed by atoms with Crippen LogP contribution >= 0.6 is 0 Å². The zero-order valence-electron chi connectivity index (χ0n) is 31.6. The van der Waals surface area contributed by atoms with E-state index < -0.39 is 0 Å². The minimum absolute atomic E-state index is 0.697. The first kappa shape index (κ1) is 33.5. The molecule has 4 nitrogen and oxygen atoms in total.